The lowest BCUT2D eigenvalue weighted by atomic mass is 10.2. The number of hydrogen-bond donors (Lipinski definition) is 1. The molecule has 1 aromatic heterocycles. The lowest BCUT2D eigenvalue weighted by Gasteiger charge is -1.97. The van der Waals surface area contributed by atoms with E-state index in [0.717, 1.165) is 0 Å². The maximum absolute atomic E-state index is 10.8. The molecule has 0 saturated heterocycles. The number of nitrogens with zero attached hydrogens (tertiary/aromatic N) is 1. The number of carbonyl (C=O) groups excluding carboxylic acids is 1. The van der Waals surface area contributed by atoms with Gasteiger partial charge in [-0.1, -0.05) is 15.9 Å². The lowest BCUT2D eigenvalue weighted by Crippen LogP contribution is -1.90. The van der Waals surface area contributed by atoms with Crippen molar-refractivity contribution in [3.05, 3.63) is 32.9 Å². The number of aromatic amines is 1. The van der Waals surface area contributed by atoms with Gasteiger partial charge in [-0.05, 0) is 6.07 Å². The topological polar surface area (TPSA) is 85.2 Å². The number of benzene rings is 1. The van der Waals surface area contributed by atoms with Crippen LogP contribution in [0.25, 0.3) is 10.9 Å². The Morgan fingerprint density at radius 1 is 1.50 bits per heavy atom. The molecule has 0 radical (unpaired) electrons. The van der Waals surface area contributed by atoms with Crippen LogP contribution in [0.15, 0.2) is 22.8 Å². The smallest absolute Gasteiger partial charge is 0.298 e. The number of nitro benzene ring substituents is 1. The van der Waals surface area contributed by atoms with Gasteiger partial charge in [-0.25, -0.2) is 0 Å². The summed E-state index contributed by atoms with van der Waals surface area (Å²) in [4.78, 5) is 23.2. The van der Waals surface area contributed by atoms with Crippen molar-refractivity contribution in [3.8, 4) is 5.75 Å². The third-order valence-electron chi connectivity index (χ3n) is 2.07. The van der Waals surface area contributed by atoms with Crippen molar-refractivity contribution < 1.29 is 14.5 Å². The van der Waals surface area contributed by atoms with Crippen LogP contribution in [0.5, 0.6) is 5.75 Å². The van der Waals surface area contributed by atoms with Gasteiger partial charge in [-0.15, -0.1) is 0 Å². The zero-order valence-corrected chi connectivity index (χ0v) is 9.35. The predicted octanol–water partition coefficient (Wildman–Crippen LogP) is 2.37. The van der Waals surface area contributed by atoms with E-state index in [1.807, 2.05) is 0 Å². The van der Waals surface area contributed by atoms with E-state index in [-0.39, 0.29) is 17.9 Å². The number of H-pyrrole nitrogens is 1. The first-order chi connectivity index (χ1) is 7.63. The summed E-state index contributed by atoms with van der Waals surface area (Å²) in [6, 6.07) is 3.02. The highest BCUT2D eigenvalue weighted by Crippen LogP contribution is 2.34. The van der Waals surface area contributed by atoms with Gasteiger partial charge in [-0.3, -0.25) is 14.9 Å². The summed E-state index contributed by atoms with van der Waals surface area (Å²) in [6.07, 6.45) is 1.40. The van der Waals surface area contributed by atoms with E-state index in [2.05, 4.69) is 20.9 Å². The van der Waals surface area contributed by atoms with Crippen molar-refractivity contribution in [2.75, 3.05) is 0 Å². The lowest BCUT2D eigenvalue weighted by molar-refractivity contribution is -0.383. The zero-order chi connectivity index (χ0) is 11.7. The molecule has 7 heteroatoms. The minimum Gasteiger partial charge on any atom is -0.426 e. The monoisotopic (exact) mass is 284 g/mol. The summed E-state index contributed by atoms with van der Waals surface area (Å²) in [5, 5.41) is 11.3. The molecule has 1 aromatic carbocycles. The number of hydrogen-bond acceptors (Lipinski definition) is 4. The number of halogens is 1. The highest BCUT2D eigenvalue weighted by Gasteiger charge is 2.17. The van der Waals surface area contributed by atoms with Crippen LogP contribution >= 0.6 is 15.9 Å². The molecule has 0 unspecified atom stereocenters. The maximum Gasteiger partial charge on any atom is 0.298 e. The van der Waals surface area contributed by atoms with Crippen molar-refractivity contribution in [2.24, 2.45) is 0 Å². The molecule has 0 atom stereocenters. The van der Waals surface area contributed by atoms with E-state index in [4.69, 9.17) is 4.74 Å². The van der Waals surface area contributed by atoms with Gasteiger partial charge in [0.1, 0.15) is 5.52 Å². The first kappa shape index (κ1) is 10.6. The Balaban J connectivity index is 2.75. The van der Waals surface area contributed by atoms with E-state index in [0.29, 0.717) is 15.4 Å². The predicted molar refractivity (Wildman–Crippen MR) is 59.3 cm³/mol. The largest absolute Gasteiger partial charge is 0.426 e. The molecule has 1 heterocycles. The second-order valence-electron chi connectivity index (χ2n) is 2.97. The van der Waals surface area contributed by atoms with Crippen LogP contribution < -0.4 is 4.74 Å². The summed E-state index contributed by atoms with van der Waals surface area (Å²) in [5.41, 5.74) is 0.246. The van der Waals surface area contributed by atoms with E-state index >= 15 is 0 Å². The summed E-state index contributed by atoms with van der Waals surface area (Å²) >= 11 is 3.16. The van der Waals surface area contributed by atoms with Gasteiger partial charge in [0, 0.05) is 16.7 Å². The molecule has 0 spiro atoms. The van der Waals surface area contributed by atoms with Crippen LogP contribution in [0.4, 0.5) is 5.69 Å². The molecule has 82 valence electrons. The fraction of sp³-hybridized carbons (Fsp3) is 0. The Morgan fingerprint density at radius 2 is 2.25 bits per heavy atom. The average molecular weight is 285 g/mol. The molecule has 0 aliphatic rings. The standard InChI is InChI=1S/C9H5BrN2O4/c10-5-1-6-8(16-4-13)3-11-9(6)7(2-5)12(14)15/h1-4,11H. The van der Waals surface area contributed by atoms with Crippen LogP contribution in [-0.4, -0.2) is 16.4 Å². The van der Waals surface area contributed by atoms with E-state index in [9.17, 15) is 14.9 Å². The molecular weight excluding hydrogens is 280 g/mol. The molecule has 0 bridgehead atoms. The number of ether oxygens (including phenoxy) is 1. The Bertz CT molecular complexity index is 578. The number of rotatable bonds is 3. The van der Waals surface area contributed by atoms with E-state index in [1.165, 1.54) is 12.3 Å². The molecule has 16 heavy (non-hydrogen) atoms. The third-order valence-corrected chi connectivity index (χ3v) is 2.52. The average Bonchev–Trinajstić information content (AvgIpc) is 2.61. The first-order valence-corrected chi connectivity index (χ1v) is 4.98. The number of non-ortho nitro benzene ring substituents is 1. The Kier molecular flexibility index (Phi) is 2.61. The second-order valence-corrected chi connectivity index (χ2v) is 3.89. The summed E-state index contributed by atoms with van der Waals surface area (Å²) in [6.45, 7) is 0.273. The van der Waals surface area contributed by atoms with Gasteiger partial charge in [0.15, 0.2) is 5.75 Å². The first-order valence-electron chi connectivity index (χ1n) is 4.19. The molecule has 0 aliphatic heterocycles. The molecule has 0 fully saturated rings. The van der Waals surface area contributed by atoms with Crippen LogP contribution in [0.1, 0.15) is 0 Å². The molecule has 1 N–H and O–H groups in total. The Hall–Kier alpha value is -1.89. The number of carbonyl (C=O) groups is 1. The van der Waals surface area contributed by atoms with Crippen molar-refractivity contribution in [1.82, 2.24) is 4.98 Å². The van der Waals surface area contributed by atoms with E-state index in [1.54, 1.807) is 6.07 Å². The second kappa shape index (κ2) is 3.93. The maximum atomic E-state index is 10.8. The highest BCUT2D eigenvalue weighted by molar-refractivity contribution is 9.10. The van der Waals surface area contributed by atoms with Crippen LogP contribution in [0, 0.1) is 10.1 Å². The molecule has 2 aromatic rings. The quantitative estimate of drug-likeness (QED) is 0.533. The van der Waals surface area contributed by atoms with Crippen molar-refractivity contribution in [2.45, 2.75) is 0 Å². The molecular formula is C9H5BrN2O4. The van der Waals surface area contributed by atoms with Crippen LogP contribution in [-0.2, 0) is 4.79 Å². The minimum atomic E-state index is -0.506. The molecule has 0 amide bonds. The number of nitrogens with one attached hydrogen (secondary N) is 1. The zero-order valence-electron chi connectivity index (χ0n) is 7.77. The third kappa shape index (κ3) is 1.65. The molecule has 0 saturated carbocycles. The summed E-state index contributed by atoms with van der Waals surface area (Å²) in [7, 11) is 0. The Labute approximate surface area is 97.5 Å². The molecule has 2 rings (SSSR count). The Morgan fingerprint density at radius 3 is 2.88 bits per heavy atom. The van der Waals surface area contributed by atoms with Crippen molar-refractivity contribution >= 4 is 39.0 Å². The van der Waals surface area contributed by atoms with Crippen LogP contribution in [0.2, 0.25) is 0 Å². The summed E-state index contributed by atoms with van der Waals surface area (Å²) in [5.74, 6) is 0.259. The fourth-order valence-corrected chi connectivity index (χ4v) is 1.89. The number of aromatic nitrogens is 1. The van der Waals surface area contributed by atoms with Gasteiger partial charge >= 0.3 is 0 Å². The van der Waals surface area contributed by atoms with Gasteiger partial charge in [0.2, 0.25) is 0 Å². The van der Waals surface area contributed by atoms with Gasteiger partial charge in [-0.2, -0.15) is 0 Å². The summed E-state index contributed by atoms with van der Waals surface area (Å²) < 4.78 is 5.24. The minimum absolute atomic E-state index is 0.0786. The fourth-order valence-electron chi connectivity index (χ4n) is 1.45. The van der Waals surface area contributed by atoms with Gasteiger partial charge in [0.05, 0.1) is 10.3 Å². The number of nitro groups is 1. The van der Waals surface area contributed by atoms with E-state index < -0.39 is 4.92 Å². The highest BCUT2D eigenvalue weighted by atomic mass is 79.9. The normalized spacial score (nSPS) is 10.3. The van der Waals surface area contributed by atoms with Crippen molar-refractivity contribution in [3.63, 3.8) is 0 Å². The molecule has 6 nitrogen and oxygen atoms in total. The SMILES string of the molecule is O=COc1c[nH]c2c([N+](=O)[O-])cc(Br)cc12. The number of fused-ring (bicyclic) bond motifs is 1. The van der Waals surface area contributed by atoms with Crippen LogP contribution in [0.3, 0.4) is 0 Å². The van der Waals surface area contributed by atoms with Gasteiger partial charge in [0.25, 0.3) is 12.2 Å². The van der Waals surface area contributed by atoms with Crippen molar-refractivity contribution in [1.29, 1.82) is 0 Å². The molecule has 0 aliphatic carbocycles. The van der Waals surface area contributed by atoms with Gasteiger partial charge < -0.3 is 9.72 Å².